The second kappa shape index (κ2) is 9.69. The van der Waals surface area contributed by atoms with Crippen LogP contribution in [0.2, 0.25) is 0 Å². The number of piperidine rings is 1. The lowest BCUT2D eigenvalue weighted by molar-refractivity contribution is -0.122. The fourth-order valence-corrected chi connectivity index (χ4v) is 4.07. The minimum Gasteiger partial charge on any atom is -0.454 e. The Bertz CT molecular complexity index is 1030. The Kier molecular flexibility index (Phi) is 6.55. The highest BCUT2D eigenvalue weighted by atomic mass is 16.7. The number of carbonyl (C=O) groups excluding carboxylic acids is 3. The van der Waals surface area contributed by atoms with E-state index in [4.69, 9.17) is 15.2 Å². The summed E-state index contributed by atoms with van der Waals surface area (Å²) in [6.45, 7) is 1.02. The van der Waals surface area contributed by atoms with Gasteiger partial charge in [-0.2, -0.15) is 0 Å². The van der Waals surface area contributed by atoms with Crippen molar-refractivity contribution in [2.24, 2.45) is 5.73 Å². The second-order valence-corrected chi connectivity index (χ2v) is 7.91. The third kappa shape index (κ3) is 5.17. The summed E-state index contributed by atoms with van der Waals surface area (Å²) in [5, 5.41) is 5.66. The molecule has 4 rings (SSSR count). The van der Waals surface area contributed by atoms with Crippen molar-refractivity contribution in [3.05, 3.63) is 48.0 Å². The molecule has 0 bridgehead atoms. The monoisotopic (exact) mass is 438 g/mol. The summed E-state index contributed by atoms with van der Waals surface area (Å²) in [7, 11) is 0. The molecule has 2 aromatic rings. The first-order valence-corrected chi connectivity index (χ1v) is 10.6. The number of carbonyl (C=O) groups is 3. The second-order valence-electron chi connectivity index (χ2n) is 7.91. The van der Waals surface area contributed by atoms with Crippen molar-refractivity contribution in [1.29, 1.82) is 0 Å². The first-order chi connectivity index (χ1) is 15.5. The molecule has 9 nitrogen and oxygen atoms in total. The summed E-state index contributed by atoms with van der Waals surface area (Å²) >= 11 is 0. The summed E-state index contributed by atoms with van der Waals surface area (Å²) in [5.41, 5.74) is 6.67. The van der Waals surface area contributed by atoms with Gasteiger partial charge in [-0.15, -0.1) is 0 Å². The highest BCUT2D eigenvalue weighted by Gasteiger charge is 2.26. The Morgan fingerprint density at radius 3 is 2.69 bits per heavy atom. The lowest BCUT2D eigenvalue weighted by Gasteiger charge is -2.34. The van der Waals surface area contributed by atoms with E-state index in [0.29, 0.717) is 28.4 Å². The maximum Gasteiger partial charge on any atom is 0.257 e. The van der Waals surface area contributed by atoms with Crippen molar-refractivity contribution in [2.75, 3.05) is 30.5 Å². The Hall–Kier alpha value is -3.59. The van der Waals surface area contributed by atoms with Crippen molar-refractivity contribution in [3.63, 3.8) is 0 Å². The number of fused-ring (bicyclic) bond motifs is 1. The molecule has 168 valence electrons. The Morgan fingerprint density at radius 1 is 1.03 bits per heavy atom. The van der Waals surface area contributed by atoms with Gasteiger partial charge in [-0.25, -0.2) is 0 Å². The number of hydrogen-bond donors (Lipinski definition) is 3. The highest BCUT2D eigenvalue weighted by Crippen LogP contribution is 2.34. The molecule has 0 aromatic heterocycles. The van der Waals surface area contributed by atoms with Gasteiger partial charge in [-0.05, 0) is 43.7 Å². The Labute approximate surface area is 185 Å². The number of hydrogen-bond acceptors (Lipinski definition) is 6. The van der Waals surface area contributed by atoms with E-state index in [1.54, 1.807) is 42.5 Å². The molecule has 0 saturated carbocycles. The summed E-state index contributed by atoms with van der Waals surface area (Å²) in [5.74, 6) is 0.223. The van der Waals surface area contributed by atoms with Gasteiger partial charge < -0.3 is 25.8 Å². The first kappa shape index (κ1) is 21.6. The topological polar surface area (TPSA) is 123 Å². The van der Waals surface area contributed by atoms with Crippen molar-refractivity contribution in [3.8, 4) is 11.5 Å². The minimum atomic E-state index is -0.368. The predicted octanol–water partition coefficient (Wildman–Crippen LogP) is 2.34. The van der Waals surface area contributed by atoms with E-state index in [1.165, 1.54) is 0 Å². The molecule has 9 heteroatoms. The van der Waals surface area contributed by atoms with E-state index >= 15 is 0 Å². The molecule has 3 amide bonds. The smallest absolute Gasteiger partial charge is 0.257 e. The van der Waals surface area contributed by atoms with Crippen LogP contribution >= 0.6 is 0 Å². The molecule has 2 heterocycles. The lowest BCUT2D eigenvalue weighted by atomic mass is 9.99. The average molecular weight is 438 g/mol. The quantitative estimate of drug-likeness (QED) is 0.610. The molecule has 1 atom stereocenters. The molecular formula is C23H26N4O5. The van der Waals surface area contributed by atoms with E-state index in [-0.39, 0.29) is 43.5 Å². The number of para-hydroxylation sites is 1. The molecule has 4 N–H and O–H groups in total. The molecule has 2 aromatic carbocycles. The third-order valence-electron chi connectivity index (χ3n) is 5.61. The van der Waals surface area contributed by atoms with Crippen LogP contribution < -0.4 is 25.8 Å². The largest absolute Gasteiger partial charge is 0.454 e. The number of nitrogens with one attached hydrogen (secondary N) is 2. The van der Waals surface area contributed by atoms with E-state index in [2.05, 4.69) is 10.6 Å². The molecule has 32 heavy (non-hydrogen) atoms. The van der Waals surface area contributed by atoms with Gasteiger partial charge >= 0.3 is 0 Å². The van der Waals surface area contributed by atoms with Crippen LogP contribution in [0.4, 0.5) is 11.4 Å². The van der Waals surface area contributed by atoms with Crippen LogP contribution in [-0.2, 0) is 9.59 Å². The molecule has 0 aliphatic carbocycles. The summed E-state index contributed by atoms with van der Waals surface area (Å²) in [6, 6.07) is 11.9. The number of nitrogens with zero attached hydrogens (tertiary/aromatic N) is 1. The number of anilines is 2. The molecule has 0 radical (unpaired) electrons. The fraction of sp³-hybridized carbons (Fsp3) is 0.348. The molecule has 2 aliphatic rings. The van der Waals surface area contributed by atoms with Gasteiger partial charge in [0.2, 0.25) is 18.6 Å². The SMILES string of the molecule is NC(=O)CC1CCCCN1CC(=O)Nc1ccccc1C(=O)Nc1ccc2c(c1)OCO2. The molecule has 2 aliphatic heterocycles. The van der Waals surface area contributed by atoms with Crippen LogP contribution in [0.5, 0.6) is 11.5 Å². The van der Waals surface area contributed by atoms with Crippen LogP contribution in [0.1, 0.15) is 36.0 Å². The standard InChI is InChI=1S/C23H26N4O5/c24-21(28)12-16-5-3-4-10-27(16)13-22(29)26-18-7-2-1-6-17(18)23(30)25-15-8-9-19-20(11-15)32-14-31-19/h1-2,6-9,11,16H,3-5,10,12-14H2,(H2,24,28)(H,25,30)(H,26,29). The molecule has 1 unspecified atom stereocenters. The first-order valence-electron chi connectivity index (χ1n) is 10.6. The maximum atomic E-state index is 12.9. The highest BCUT2D eigenvalue weighted by molar-refractivity contribution is 6.10. The van der Waals surface area contributed by atoms with Crippen molar-refractivity contribution in [1.82, 2.24) is 4.90 Å². The zero-order valence-electron chi connectivity index (χ0n) is 17.6. The zero-order valence-corrected chi connectivity index (χ0v) is 17.6. The number of benzene rings is 2. The Morgan fingerprint density at radius 2 is 1.84 bits per heavy atom. The number of amides is 3. The Balaban J connectivity index is 1.42. The normalized spacial score (nSPS) is 17.6. The van der Waals surface area contributed by atoms with Crippen molar-refractivity contribution < 1.29 is 23.9 Å². The zero-order chi connectivity index (χ0) is 22.5. The van der Waals surface area contributed by atoms with Crippen molar-refractivity contribution in [2.45, 2.75) is 31.7 Å². The van der Waals surface area contributed by atoms with Gasteiger partial charge in [0.1, 0.15) is 0 Å². The predicted molar refractivity (Wildman–Crippen MR) is 119 cm³/mol. The lowest BCUT2D eigenvalue weighted by Crippen LogP contribution is -2.45. The average Bonchev–Trinajstić information content (AvgIpc) is 3.23. The number of rotatable bonds is 7. The van der Waals surface area contributed by atoms with Gasteiger partial charge in [0.05, 0.1) is 17.8 Å². The summed E-state index contributed by atoms with van der Waals surface area (Å²) < 4.78 is 10.6. The summed E-state index contributed by atoms with van der Waals surface area (Å²) in [6.07, 6.45) is 3.06. The number of likely N-dealkylation sites (tertiary alicyclic amines) is 1. The molecule has 1 saturated heterocycles. The van der Waals surface area contributed by atoms with E-state index in [0.717, 1.165) is 25.8 Å². The fourth-order valence-electron chi connectivity index (χ4n) is 4.07. The number of nitrogens with two attached hydrogens (primary N) is 1. The molecule has 0 spiro atoms. The van der Waals surface area contributed by atoms with Gasteiger partial charge in [0.15, 0.2) is 11.5 Å². The van der Waals surface area contributed by atoms with E-state index in [1.807, 2.05) is 4.90 Å². The van der Waals surface area contributed by atoms with Gasteiger partial charge in [0, 0.05) is 24.2 Å². The summed E-state index contributed by atoms with van der Waals surface area (Å²) in [4.78, 5) is 39.0. The van der Waals surface area contributed by atoms with Crippen LogP contribution in [0.15, 0.2) is 42.5 Å². The van der Waals surface area contributed by atoms with E-state index < -0.39 is 0 Å². The van der Waals surface area contributed by atoms with Crippen LogP contribution in [-0.4, -0.2) is 48.5 Å². The van der Waals surface area contributed by atoms with Crippen molar-refractivity contribution >= 4 is 29.1 Å². The number of ether oxygens (including phenoxy) is 2. The van der Waals surface area contributed by atoms with Gasteiger partial charge in [-0.3, -0.25) is 19.3 Å². The minimum absolute atomic E-state index is 0.0310. The number of primary amides is 1. The van der Waals surface area contributed by atoms with Crippen LogP contribution in [0.3, 0.4) is 0 Å². The molecular weight excluding hydrogens is 412 g/mol. The maximum absolute atomic E-state index is 12.9. The van der Waals surface area contributed by atoms with Gasteiger partial charge in [0.25, 0.3) is 5.91 Å². The van der Waals surface area contributed by atoms with Crippen LogP contribution in [0, 0.1) is 0 Å². The molecule has 1 fully saturated rings. The van der Waals surface area contributed by atoms with Gasteiger partial charge in [-0.1, -0.05) is 18.6 Å². The third-order valence-corrected chi connectivity index (χ3v) is 5.61. The van der Waals surface area contributed by atoms with E-state index in [9.17, 15) is 14.4 Å². The van der Waals surface area contributed by atoms with Crippen LogP contribution in [0.25, 0.3) is 0 Å².